The second-order valence-electron chi connectivity index (χ2n) is 6.63. The minimum Gasteiger partial charge on any atom is -0.342 e. The van der Waals surface area contributed by atoms with Crippen molar-refractivity contribution in [2.45, 2.75) is 37.5 Å². The summed E-state index contributed by atoms with van der Waals surface area (Å²) in [6.45, 7) is 2.98. The minimum atomic E-state index is 0. The molecule has 24 heavy (non-hydrogen) atoms. The standard InChI is InChI=1S/C18H25ClN2OS.ClH/c19-16-3-1-2-15(10-16)12-23-13-18(22)21-8-6-17(7-9-21)20-11-14-4-5-14;/h1-3,10,14,17,20H,4-9,11-13H2;1H. The highest BCUT2D eigenvalue weighted by Gasteiger charge is 2.25. The summed E-state index contributed by atoms with van der Waals surface area (Å²) < 4.78 is 0. The van der Waals surface area contributed by atoms with E-state index in [0.717, 1.165) is 42.6 Å². The Morgan fingerprint density at radius 1 is 1.25 bits per heavy atom. The van der Waals surface area contributed by atoms with E-state index in [1.54, 1.807) is 11.8 Å². The molecule has 1 saturated carbocycles. The quantitative estimate of drug-likeness (QED) is 0.766. The van der Waals surface area contributed by atoms with Crippen molar-refractivity contribution < 1.29 is 4.79 Å². The lowest BCUT2D eigenvalue weighted by Crippen LogP contribution is -2.45. The Morgan fingerprint density at radius 2 is 2.00 bits per heavy atom. The molecule has 2 aliphatic rings. The van der Waals surface area contributed by atoms with E-state index in [1.807, 2.05) is 23.1 Å². The van der Waals surface area contributed by atoms with Crippen molar-refractivity contribution in [1.82, 2.24) is 10.2 Å². The summed E-state index contributed by atoms with van der Waals surface area (Å²) in [7, 11) is 0. The molecule has 3 rings (SSSR count). The Balaban J connectivity index is 0.00000208. The van der Waals surface area contributed by atoms with E-state index < -0.39 is 0 Å². The summed E-state index contributed by atoms with van der Waals surface area (Å²) in [4.78, 5) is 14.3. The van der Waals surface area contributed by atoms with Crippen LogP contribution in [0.25, 0.3) is 0 Å². The first kappa shape index (κ1) is 19.9. The fourth-order valence-electron chi connectivity index (χ4n) is 2.96. The Hall–Kier alpha value is -0.420. The first-order valence-electron chi connectivity index (χ1n) is 8.54. The second kappa shape index (κ2) is 9.91. The lowest BCUT2D eigenvalue weighted by molar-refractivity contribution is -0.129. The number of hydrogen-bond acceptors (Lipinski definition) is 3. The molecule has 2 fully saturated rings. The molecule has 0 bridgehead atoms. The van der Waals surface area contributed by atoms with E-state index in [9.17, 15) is 4.79 Å². The molecule has 1 N–H and O–H groups in total. The molecule has 1 aromatic carbocycles. The molecule has 1 saturated heterocycles. The summed E-state index contributed by atoms with van der Waals surface area (Å²) in [5.41, 5.74) is 1.18. The van der Waals surface area contributed by atoms with Crippen LogP contribution in [0.2, 0.25) is 5.02 Å². The summed E-state index contributed by atoms with van der Waals surface area (Å²) in [5, 5.41) is 4.42. The third-order valence-electron chi connectivity index (χ3n) is 4.62. The molecule has 0 atom stereocenters. The number of carbonyl (C=O) groups is 1. The van der Waals surface area contributed by atoms with Crippen LogP contribution in [0.5, 0.6) is 0 Å². The maximum atomic E-state index is 12.3. The molecule has 1 aliphatic carbocycles. The van der Waals surface area contributed by atoms with Gasteiger partial charge in [-0.3, -0.25) is 4.79 Å². The number of nitrogens with zero attached hydrogens (tertiary/aromatic N) is 1. The topological polar surface area (TPSA) is 32.3 Å². The molecule has 0 radical (unpaired) electrons. The fraction of sp³-hybridized carbons (Fsp3) is 0.611. The van der Waals surface area contributed by atoms with E-state index in [1.165, 1.54) is 24.9 Å². The van der Waals surface area contributed by atoms with Gasteiger partial charge in [-0.05, 0) is 55.8 Å². The van der Waals surface area contributed by atoms with Gasteiger partial charge in [0.2, 0.25) is 5.91 Å². The summed E-state index contributed by atoms with van der Waals surface area (Å²) >= 11 is 7.65. The molecule has 0 unspecified atom stereocenters. The first-order valence-corrected chi connectivity index (χ1v) is 10.1. The van der Waals surface area contributed by atoms with Crippen molar-refractivity contribution in [3.63, 3.8) is 0 Å². The molecular formula is C18H26Cl2N2OS. The number of nitrogens with one attached hydrogen (secondary N) is 1. The van der Waals surface area contributed by atoms with Gasteiger partial charge in [0.05, 0.1) is 5.75 Å². The zero-order chi connectivity index (χ0) is 16.1. The van der Waals surface area contributed by atoms with Crippen molar-refractivity contribution >= 4 is 41.7 Å². The van der Waals surface area contributed by atoms with Gasteiger partial charge >= 0.3 is 0 Å². The summed E-state index contributed by atoms with van der Waals surface area (Å²) in [6, 6.07) is 8.47. The molecule has 134 valence electrons. The van der Waals surface area contributed by atoms with E-state index in [0.29, 0.717) is 11.8 Å². The van der Waals surface area contributed by atoms with Gasteiger partial charge in [-0.25, -0.2) is 0 Å². The van der Waals surface area contributed by atoms with Gasteiger partial charge in [-0.1, -0.05) is 23.7 Å². The lowest BCUT2D eigenvalue weighted by atomic mass is 10.0. The summed E-state index contributed by atoms with van der Waals surface area (Å²) in [6.07, 6.45) is 4.98. The summed E-state index contributed by atoms with van der Waals surface area (Å²) in [5.74, 6) is 2.61. The first-order chi connectivity index (χ1) is 11.2. The number of rotatable bonds is 7. The Morgan fingerprint density at radius 3 is 2.67 bits per heavy atom. The Labute approximate surface area is 160 Å². The van der Waals surface area contributed by atoms with Crippen LogP contribution in [0.4, 0.5) is 0 Å². The largest absolute Gasteiger partial charge is 0.342 e. The maximum absolute atomic E-state index is 12.3. The Bertz CT molecular complexity index is 532. The predicted octanol–water partition coefficient (Wildman–Crippen LogP) is 3.99. The molecule has 0 spiro atoms. The second-order valence-corrected chi connectivity index (χ2v) is 8.05. The van der Waals surface area contributed by atoms with Crippen molar-refractivity contribution in [3.05, 3.63) is 34.9 Å². The van der Waals surface area contributed by atoms with E-state index in [2.05, 4.69) is 11.4 Å². The lowest BCUT2D eigenvalue weighted by Gasteiger charge is -2.32. The maximum Gasteiger partial charge on any atom is 0.232 e. The highest BCUT2D eigenvalue weighted by molar-refractivity contribution is 7.99. The molecule has 1 heterocycles. The average Bonchev–Trinajstić information content (AvgIpc) is 3.38. The van der Waals surface area contributed by atoms with Gasteiger partial charge in [-0.2, -0.15) is 0 Å². The zero-order valence-corrected chi connectivity index (χ0v) is 16.3. The average molecular weight is 389 g/mol. The number of hydrogen-bond donors (Lipinski definition) is 1. The fourth-order valence-corrected chi connectivity index (χ4v) is 4.05. The molecule has 3 nitrogen and oxygen atoms in total. The zero-order valence-electron chi connectivity index (χ0n) is 13.9. The molecule has 6 heteroatoms. The monoisotopic (exact) mass is 388 g/mol. The number of benzene rings is 1. The van der Waals surface area contributed by atoms with Crippen LogP contribution in [0, 0.1) is 5.92 Å². The number of likely N-dealkylation sites (tertiary alicyclic amines) is 1. The number of piperidine rings is 1. The number of carbonyl (C=O) groups excluding carboxylic acids is 1. The van der Waals surface area contributed by atoms with Gasteiger partial charge in [0.1, 0.15) is 0 Å². The number of halogens is 2. The van der Waals surface area contributed by atoms with Crippen molar-refractivity contribution in [2.75, 3.05) is 25.4 Å². The number of thioether (sulfide) groups is 1. The van der Waals surface area contributed by atoms with E-state index in [-0.39, 0.29) is 18.3 Å². The van der Waals surface area contributed by atoms with Gasteiger partial charge < -0.3 is 10.2 Å². The van der Waals surface area contributed by atoms with Crippen LogP contribution in [-0.4, -0.2) is 42.2 Å². The van der Waals surface area contributed by atoms with Gasteiger partial charge in [0.25, 0.3) is 0 Å². The van der Waals surface area contributed by atoms with Crippen LogP contribution < -0.4 is 5.32 Å². The molecule has 1 amide bonds. The van der Waals surface area contributed by atoms with Gasteiger partial charge in [0, 0.05) is 29.9 Å². The van der Waals surface area contributed by atoms with Crippen LogP contribution in [0.1, 0.15) is 31.2 Å². The highest BCUT2D eigenvalue weighted by Crippen LogP contribution is 2.28. The van der Waals surface area contributed by atoms with Crippen LogP contribution in [0.15, 0.2) is 24.3 Å². The van der Waals surface area contributed by atoms with Gasteiger partial charge in [0.15, 0.2) is 0 Å². The third-order valence-corrected chi connectivity index (χ3v) is 5.85. The van der Waals surface area contributed by atoms with E-state index >= 15 is 0 Å². The molecular weight excluding hydrogens is 363 g/mol. The SMILES string of the molecule is Cl.O=C(CSCc1cccc(Cl)c1)N1CCC(NCC2CC2)CC1. The molecule has 0 aromatic heterocycles. The van der Waals surface area contributed by atoms with E-state index in [4.69, 9.17) is 11.6 Å². The highest BCUT2D eigenvalue weighted by atomic mass is 35.5. The van der Waals surface area contributed by atoms with Crippen LogP contribution >= 0.6 is 35.8 Å². The smallest absolute Gasteiger partial charge is 0.232 e. The Kier molecular flexibility index (Phi) is 8.21. The number of amides is 1. The molecule has 1 aliphatic heterocycles. The van der Waals surface area contributed by atoms with Crippen LogP contribution in [0.3, 0.4) is 0 Å². The van der Waals surface area contributed by atoms with Gasteiger partial charge in [-0.15, -0.1) is 24.2 Å². The molecule has 1 aromatic rings. The normalized spacial score (nSPS) is 18.3. The van der Waals surface area contributed by atoms with Crippen molar-refractivity contribution in [2.24, 2.45) is 5.92 Å². The third kappa shape index (κ3) is 6.47. The predicted molar refractivity (Wildman–Crippen MR) is 105 cm³/mol. The van der Waals surface area contributed by atoms with Crippen LogP contribution in [-0.2, 0) is 10.5 Å². The van der Waals surface area contributed by atoms with Crippen molar-refractivity contribution in [3.8, 4) is 0 Å². The van der Waals surface area contributed by atoms with Crippen molar-refractivity contribution in [1.29, 1.82) is 0 Å². The minimum absolute atomic E-state index is 0.